The summed E-state index contributed by atoms with van der Waals surface area (Å²) in [4.78, 5) is 12.8. The summed E-state index contributed by atoms with van der Waals surface area (Å²) < 4.78 is 4.57. The zero-order chi connectivity index (χ0) is 12.0. The molecule has 1 aromatic rings. The van der Waals surface area contributed by atoms with Gasteiger partial charge in [-0.2, -0.15) is 5.26 Å². The Hall–Kier alpha value is -1.86. The highest BCUT2D eigenvalue weighted by Crippen LogP contribution is 2.09. The second-order valence-electron chi connectivity index (χ2n) is 3.52. The number of benzene rings is 1. The highest BCUT2D eigenvalue weighted by molar-refractivity contribution is 5.71. The van der Waals surface area contributed by atoms with E-state index in [1.54, 1.807) is 6.07 Å². The molecule has 1 aromatic carbocycles. The van der Waals surface area contributed by atoms with Gasteiger partial charge in [-0.25, -0.2) is 0 Å². The second kappa shape index (κ2) is 5.89. The van der Waals surface area contributed by atoms with Crippen LogP contribution in [0.3, 0.4) is 0 Å². The van der Waals surface area contributed by atoms with E-state index in [0.717, 1.165) is 5.56 Å². The Balaban J connectivity index is 2.66. The summed E-state index contributed by atoms with van der Waals surface area (Å²) in [6, 6.07) is 9.47. The van der Waals surface area contributed by atoms with E-state index in [1.165, 1.54) is 7.11 Å². The molecule has 0 N–H and O–H groups in total. The lowest BCUT2D eigenvalue weighted by Gasteiger charge is -2.15. The molecule has 0 aliphatic heterocycles. The van der Waals surface area contributed by atoms with Gasteiger partial charge in [-0.05, 0) is 18.7 Å². The van der Waals surface area contributed by atoms with Crippen molar-refractivity contribution in [2.45, 2.75) is 6.54 Å². The molecule has 0 saturated carbocycles. The van der Waals surface area contributed by atoms with Crippen molar-refractivity contribution in [2.75, 3.05) is 20.7 Å². The largest absolute Gasteiger partial charge is 0.468 e. The van der Waals surface area contributed by atoms with Gasteiger partial charge in [0.05, 0.1) is 25.3 Å². The molecule has 0 aliphatic rings. The topological polar surface area (TPSA) is 53.3 Å². The lowest BCUT2D eigenvalue weighted by molar-refractivity contribution is -0.141. The predicted octanol–water partition coefficient (Wildman–Crippen LogP) is 1.16. The maximum Gasteiger partial charge on any atom is 0.319 e. The summed E-state index contributed by atoms with van der Waals surface area (Å²) >= 11 is 0. The fourth-order valence-electron chi connectivity index (χ4n) is 1.40. The van der Waals surface area contributed by atoms with E-state index < -0.39 is 0 Å². The van der Waals surface area contributed by atoms with Gasteiger partial charge in [-0.15, -0.1) is 0 Å². The number of nitrogens with zero attached hydrogens (tertiary/aromatic N) is 2. The summed E-state index contributed by atoms with van der Waals surface area (Å²) in [5.74, 6) is -0.281. The molecule has 0 aliphatic carbocycles. The van der Waals surface area contributed by atoms with Crippen LogP contribution >= 0.6 is 0 Å². The number of methoxy groups -OCH3 is 1. The Morgan fingerprint density at radius 3 is 2.81 bits per heavy atom. The molecule has 16 heavy (non-hydrogen) atoms. The molecule has 1 rings (SSSR count). The van der Waals surface area contributed by atoms with Crippen LogP contribution in [0.15, 0.2) is 24.3 Å². The monoisotopic (exact) mass is 218 g/mol. The molecule has 0 atom stereocenters. The average molecular weight is 218 g/mol. The second-order valence-corrected chi connectivity index (χ2v) is 3.52. The first-order valence-electron chi connectivity index (χ1n) is 4.90. The number of rotatable bonds is 4. The highest BCUT2D eigenvalue weighted by atomic mass is 16.5. The van der Waals surface area contributed by atoms with Gasteiger partial charge in [0.15, 0.2) is 0 Å². The van der Waals surface area contributed by atoms with Gasteiger partial charge >= 0.3 is 5.97 Å². The first-order chi connectivity index (χ1) is 7.67. The van der Waals surface area contributed by atoms with E-state index in [9.17, 15) is 4.79 Å². The molecule has 4 heteroatoms. The fraction of sp³-hybridized carbons (Fsp3) is 0.333. The van der Waals surface area contributed by atoms with Crippen molar-refractivity contribution in [1.82, 2.24) is 4.90 Å². The summed E-state index contributed by atoms with van der Waals surface area (Å²) in [5, 5.41) is 8.90. The minimum absolute atomic E-state index is 0.219. The SMILES string of the molecule is COC(=O)CN(C)Cc1ccccc1C#N. The van der Waals surface area contributed by atoms with Crippen LogP contribution in [0, 0.1) is 11.3 Å². The van der Waals surface area contributed by atoms with Crippen LogP contribution in [0.25, 0.3) is 0 Å². The third kappa shape index (κ3) is 3.37. The molecule has 0 bridgehead atoms. The molecular formula is C12H14N2O2. The van der Waals surface area contributed by atoms with Crippen molar-refractivity contribution in [2.24, 2.45) is 0 Å². The van der Waals surface area contributed by atoms with Crippen molar-refractivity contribution in [3.8, 4) is 6.07 Å². The van der Waals surface area contributed by atoms with Crippen LogP contribution in [-0.4, -0.2) is 31.6 Å². The standard InChI is InChI=1S/C12H14N2O2/c1-14(9-12(15)16-2)8-11-6-4-3-5-10(11)7-13/h3-6H,8-9H2,1-2H3. The molecular weight excluding hydrogens is 204 g/mol. The van der Waals surface area contributed by atoms with Crippen LogP contribution in [-0.2, 0) is 16.1 Å². The zero-order valence-electron chi connectivity index (χ0n) is 9.43. The van der Waals surface area contributed by atoms with Crippen LogP contribution in [0.5, 0.6) is 0 Å². The normalized spacial score (nSPS) is 9.88. The van der Waals surface area contributed by atoms with Crippen molar-refractivity contribution in [3.63, 3.8) is 0 Å². The van der Waals surface area contributed by atoms with Crippen LogP contribution < -0.4 is 0 Å². The summed E-state index contributed by atoms with van der Waals surface area (Å²) in [6.45, 7) is 0.773. The Morgan fingerprint density at radius 2 is 2.19 bits per heavy atom. The Bertz CT molecular complexity index is 410. The predicted molar refractivity (Wildman–Crippen MR) is 59.5 cm³/mol. The van der Waals surface area contributed by atoms with Gasteiger partial charge < -0.3 is 4.74 Å². The molecule has 84 valence electrons. The van der Waals surface area contributed by atoms with Gasteiger partial charge in [0.1, 0.15) is 0 Å². The van der Waals surface area contributed by atoms with Gasteiger partial charge in [0.2, 0.25) is 0 Å². The molecule has 0 aromatic heterocycles. The molecule has 0 amide bonds. The van der Waals surface area contributed by atoms with E-state index in [0.29, 0.717) is 12.1 Å². The van der Waals surface area contributed by atoms with Crippen LogP contribution in [0.4, 0.5) is 0 Å². The number of carbonyl (C=O) groups is 1. The molecule has 4 nitrogen and oxygen atoms in total. The first kappa shape index (κ1) is 12.2. The van der Waals surface area contributed by atoms with E-state index in [1.807, 2.05) is 30.1 Å². The van der Waals surface area contributed by atoms with E-state index in [-0.39, 0.29) is 12.5 Å². The minimum atomic E-state index is -0.281. The molecule has 0 fully saturated rings. The summed E-state index contributed by atoms with van der Waals surface area (Å²) in [6.07, 6.45) is 0. The van der Waals surface area contributed by atoms with E-state index >= 15 is 0 Å². The lowest BCUT2D eigenvalue weighted by atomic mass is 10.1. The van der Waals surface area contributed by atoms with E-state index in [2.05, 4.69) is 10.8 Å². The molecule has 0 heterocycles. The Kier molecular flexibility index (Phi) is 4.49. The summed E-state index contributed by atoms with van der Waals surface area (Å²) in [5.41, 5.74) is 1.55. The number of ether oxygens (including phenoxy) is 1. The molecule has 0 spiro atoms. The van der Waals surface area contributed by atoms with Crippen molar-refractivity contribution >= 4 is 5.97 Å². The van der Waals surface area contributed by atoms with Crippen LogP contribution in [0.1, 0.15) is 11.1 Å². The number of nitriles is 1. The van der Waals surface area contributed by atoms with Gasteiger partial charge in [0, 0.05) is 6.54 Å². The zero-order valence-corrected chi connectivity index (χ0v) is 9.43. The van der Waals surface area contributed by atoms with Crippen molar-refractivity contribution < 1.29 is 9.53 Å². The van der Waals surface area contributed by atoms with Crippen molar-refractivity contribution in [3.05, 3.63) is 35.4 Å². The third-order valence-electron chi connectivity index (χ3n) is 2.20. The van der Waals surface area contributed by atoms with Gasteiger partial charge in [-0.3, -0.25) is 9.69 Å². The van der Waals surface area contributed by atoms with E-state index in [4.69, 9.17) is 5.26 Å². The number of hydrogen-bond acceptors (Lipinski definition) is 4. The Morgan fingerprint density at radius 1 is 1.50 bits per heavy atom. The minimum Gasteiger partial charge on any atom is -0.468 e. The average Bonchev–Trinajstić information content (AvgIpc) is 2.29. The van der Waals surface area contributed by atoms with Gasteiger partial charge in [0.25, 0.3) is 0 Å². The quantitative estimate of drug-likeness (QED) is 0.712. The molecule has 0 unspecified atom stereocenters. The first-order valence-corrected chi connectivity index (χ1v) is 4.90. The Labute approximate surface area is 95.0 Å². The lowest BCUT2D eigenvalue weighted by Crippen LogP contribution is -2.26. The molecule has 0 radical (unpaired) electrons. The fourth-order valence-corrected chi connectivity index (χ4v) is 1.40. The van der Waals surface area contributed by atoms with Crippen molar-refractivity contribution in [1.29, 1.82) is 5.26 Å². The highest BCUT2D eigenvalue weighted by Gasteiger charge is 2.08. The smallest absolute Gasteiger partial charge is 0.319 e. The number of hydrogen-bond donors (Lipinski definition) is 0. The number of likely N-dealkylation sites (N-methyl/N-ethyl adjacent to an activating group) is 1. The van der Waals surface area contributed by atoms with Crippen LogP contribution in [0.2, 0.25) is 0 Å². The third-order valence-corrected chi connectivity index (χ3v) is 2.20. The summed E-state index contributed by atoms with van der Waals surface area (Å²) in [7, 11) is 3.17. The number of esters is 1. The molecule has 0 saturated heterocycles. The number of carbonyl (C=O) groups excluding carboxylic acids is 1. The van der Waals surface area contributed by atoms with Gasteiger partial charge in [-0.1, -0.05) is 18.2 Å². The maximum absolute atomic E-state index is 11.0. The maximum atomic E-state index is 11.0.